The smallest absolute Gasteiger partial charge is 0.379 e. The number of amides is 1. The fourth-order valence-electron chi connectivity index (χ4n) is 4.32. The summed E-state index contributed by atoms with van der Waals surface area (Å²) in [5.74, 6) is -8.14. The van der Waals surface area contributed by atoms with E-state index in [1.54, 1.807) is 36.4 Å². The minimum absolute atomic E-state index is 0.180. The number of nitriles is 1. The van der Waals surface area contributed by atoms with Crippen LogP contribution in [0.5, 0.6) is 5.75 Å². The number of halogens is 5. The van der Waals surface area contributed by atoms with Gasteiger partial charge in [-0.2, -0.15) is 5.26 Å². The number of nitrogens with one attached hydrogen (secondary N) is 1. The van der Waals surface area contributed by atoms with E-state index in [9.17, 15) is 39.0 Å². The summed E-state index contributed by atoms with van der Waals surface area (Å²) in [6.07, 6.45) is 0. The average molecular weight is 837 g/mol. The number of benzene rings is 4. The van der Waals surface area contributed by atoms with E-state index >= 15 is 0 Å². The Bertz CT molecular complexity index is 2410. The van der Waals surface area contributed by atoms with E-state index in [1.165, 1.54) is 18.2 Å². The second kappa shape index (κ2) is 16.1. The van der Waals surface area contributed by atoms with Gasteiger partial charge in [-0.1, -0.05) is 98.7 Å². The Kier molecular flexibility index (Phi) is 12.1. The van der Waals surface area contributed by atoms with Gasteiger partial charge in [-0.15, -0.1) is 0 Å². The van der Waals surface area contributed by atoms with Crippen LogP contribution in [-0.2, 0) is 0 Å². The van der Waals surface area contributed by atoms with E-state index in [0.29, 0.717) is 21.3 Å². The standard InChI is InChI=1S/C18H9BrO8.C15H6Cl4N2O3/c19-12-7-11(16(21)22)15(10-4-2-1-3-9(10)12)27-18(25)14-6-8(20)5-13(26-14)17(23)24;16-10-8(9(15(23)24)11(17)13(19)12(10)18)14(22)21-7-4-2-1-3-6(7)5-20/h1-7H,(H,21,22)(H,23,24);1-4H,(H,21,22)(H,23,24). The van der Waals surface area contributed by atoms with Gasteiger partial charge in [0.2, 0.25) is 11.5 Å². The first kappa shape index (κ1) is 38.4. The van der Waals surface area contributed by atoms with Crippen LogP contribution in [0.25, 0.3) is 10.8 Å². The molecule has 0 spiro atoms. The summed E-state index contributed by atoms with van der Waals surface area (Å²) in [6, 6.07) is 17.4. The zero-order valence-corrected chi connectivity index (χ0v) is 29.4. The van der Waals surface area contributed by atoms with Crippen molar-refractivity contribution in [1.82, 2.24) is 0 Å². The second-order valence-corrected chi connectivity index (χ2v) is 12.1. The van der Waals surface area contributed by atoms with Crippen molar-refractivity contribution >= 4 is 109 Å². The third-order valence-corrected chi connectivity index (χ3v) is 9.01. The highest BCUT2D eigenvalue weighted by Gasteiger charge is 2.29. The minimum Gasteiger partial charge on any atom is -0.478 e. The highest BCUT2D eigenvalue weighted by Crippen LogP contribution is 2.42. The van der Waals surface area contributed by atoms with Gasteiger partial charge in [0, 0.05) is 22.0 Å². The lowest BCUT2D eigenvalue weighted by Crippen LogP contribution is -2.18. The molecule has 1 aromatic heterocycles. The van der Waals surface area contributed by atoms with Crippen molar-refractivity contribution in [1.29, 1.82) is 5.26 Å². The van der Waals surface area contributed by atoms with Gasteiger partial charge in [0.05, 0.1) is 42.5 Å². The molecular formula is C33H15BrCl4N2O11. The SMILES string of the molecule is N#Cc1ccccc1NC(=O)c1c(Cl)c(Cl)c(Cl)c(Cl)c1C(=O)O.O=C(O)c1cc(=O)cc(C(=O)Oc2c(C(=O)O)cc(Br)c3ccccc23)o1. The number of fused-ring (bicyclic) bond motifs is 1. The van der Waals surface area contributed by atoms with Crippen LogP contribution in [0.1, 0.15) is 57.7 Å². The molecule has 0 unspecified atom stereocenters. The molecule has 5 rings (SSSR count). The topological polar surface area (TPSA) is 221 Å². The van der Waals surface area contributed by atoms with E-state index in [-0.39, 0.29) is 37.6 Å². The molecule has 0 atom stereocenters. The van der Waals surface area contributed by atoms with Crippen LogP contribution in [0.15, 0.2) is 80.4 Å². The number of rotatable bonds is 7. The molecule has 0 aliphatic carbocycles. The number of carboxylic acid groups (broad SMARTS) is 3. The molecule has 258 valence electrons. The number of hydrogen-bond donors (Lipinski definition) is 4. The van der Waals surface area contributed by atoms with Crippen LogP contribution in [0, 0.1) is 11.3 Å². The lowest BCUT2D eigenvalue weighted by molar-refractivity contribution is 0.0634. The molecule has 51 heavy (non-hydrogen) atoms. The van der Waals surface area contributed by atoms with Crippen LogP contribution < -0.4 is 15.5 Å². The minimum atomic E-state index is -1.54. The van der Waals surface area contributed by atoms with Crippen molar-refractivity contribution in [2.75, 3.05) is 5.32 Å². The van der Waals surface area contributed by atoms with Crippen LogP contribution in [0.4, 0.5) is 5.69 Å². The van der Waals surface area contributed by atoms with E-state index in [0.717, 1.165) is 6.07 Å². The number of carboxylic acids is 3. The van der Waals surface area contributed by atoms with Gasteiger partial charge in [-0.05, 0) is 23.6 Å². The number of hydrogen-bond acceptors (Lipinski definition) is 9. The number of carbonyl (C=O) groups excluding carboxylic acids is 2. The normalized spacial score (nSPS) is 10.4. The van der Waals surface area contributed by atoms with Crippen LogP contribution >= 0.6 is 62.3 Å². The Labute approximate surface area is 313 Å². The summed E-state index contributed by atoms with van der Waals surface area (Å²) in [7, 11) is 0. The number of carbonyl (C=O) groups is 5. The molecule has 0 aliphatic heterocycles. The molecule has 5 aromatic rings. The molecule has 1 heterocycles. The maximum atomic E-state index is 12.5. The summed E-state index contributed by atoms with van der Waals surface area (Å²) in [5.41, 5.74) is -1.74. The molecule has 0 fully saturated rings. The predicted octanol–water partition coefficient (Wildman–Crippen LogP) is 8.29. The fraction of sp³-hybridized carbons (Fsp3) is 0. The zero-order valence-electron chi connectivity index (χ0n) is 24.8. The average Bonchev–Trinajstić information content (AvgIpc) is 3.09. The molecule has 1 amide bonds. The van der Waals surface area contributed by atoms with E-state index in [1.807, 2.05) is 6.07 Å². The van der Waals surface area contributed by atoms with Crippen molar-refractivity contribution in [3.8, 4) is 11.8 Å². The Balaban J connectivity index is 0.000000230. The number of nitrogens with zero attached hydrogens (tertiary/aromatic N) is 1. The molecular weight excluding hydrogens is 822 g/mol. The number of ether oxygens (including phenoxy) is 1. The molecule has 4 N–H and O–H groups in total. The van der Waals surface area contributed by atoms with Crippen LogP contribution in [0.3, 0.4) is 0 Å². The highest BCUT2D eigenvalue weighted by molar-refractivity contribution is 9.10. The van der Waals surface area contributed by atoms with E-state index < -0.39 is 62.9 Å². The lowest BCUT2D eigenvalue weighted by atomic mass is 10.1. The quantitative estimate of drug-likeness (QED) is 0.0526. The van der Waals surface area contributed by atoms with Gasteiger partial charge in [0.1, 0.15) is 11.6 Å². The van der Waals surface area contributed by atoms with Crippen molar-refractivity contribution < 1.29 is 48.4 Å². The Hall–Kier alpha value is -5.43. The van der Waals surface area contributed by atoms with Crippen molar-refractivity contribution in [3.05, 3.63) is 135 Å². The molecule has 18 heteroatoms. The van der Waals surface area contributed by atoms with Crippen LogP contribution in [-0.4, -0.2) is 45.1 Å². The van der Waals surface area contributed by atoms with Gasteiger partial charge in [-0.3, -0.25) is 9.59 Å². The van der Waals surface area contributed by atoms with Gasteiger partial charge in [-0.25, -0.2) is 19.2 Å². The monoisotopic (exact) mass is 834 g/mol. The fourth-order valence-corrected chi connectivity index (χ4v) is 5.91. The lowest BCUT2D eigenvalue weighted by Gasteiger charge is -2.14. The molecule has 4 aromatic carbocycles. The maximum absolute atomic E-state index is 12.5. The van der Waals surface area contributed by atoms with Gasteiger partial charge >= 0.3 is 23.9 Å². The number of para-hydroxylation sites is 1. The summed E-state index contributed by atoms with van der Waals surface area (Å²) in [6.45, 7) is 0. The van der Waals surface area contributed by atoms with Crippen LogP contribution in [0.2, 0.25) is 20.1 Å². The zero-order chi connectivity index (χ0) is 37.7. The number of esters is 1. The molecule has 0 aliphatic rings. The molecule has 13 nitrogen and oxygen atoms in total. The van der Waals surface area contributed by atoms with Crippen molar-refractivity contribution in [2.24, 2.45) is 0 Å². The molecule has 0 bridgehead atoms. The Morgan fingerprint density at radius 1 is 0.745 bits per heavy atom. The first-order valence-corrected chi connectivity index (χ1v) is 15.8. The second-order valence-electron chi connectivity index (χ2n) is 9.72. The van der Waals surface area contributed by atoms with E-state index in [4.69, 9.17) is 65.9 Å². The Morgan fingerprint density at radius 3 is 1.90 bits per heavy atom. The first-order valence-electron chi connectivity index (χ1n) is 13.5. The largest absolute Gasteiger partial charge is 0.478 e. The summed E-state index contributed by atoms with van der Waals surface area (Å²) < 4.78 is 10.5. The van der Waals surface area contributed by atoms with Gasteiger partial charge < -0.3 is 29.8 Å². The third kappa shape index (κ3) is 8.31. The van der Waals surface area contributed by atoms with Crippen molar-refractivity contribution in [3.63, 3.8) is 0 Å². The molecule has 0 saturated heterocycles. The Morgan fingerprint density at radius 2 is 1.31 bits per heavy atom. The van der Waals surface area contributed by atoms with E-state index in [2.05, 4.69) is 21.2 Å². The predicted molar refractivity (Wildman–Crippen MR) is 188 cm³/mol. The van der Waals surface area contributed by atoms with Crippen molar-refractivity contribution in [2.45, 2.75) is 0 Å². The number of anilines is 1. The summed E-state index contributed by atoms with van der Waals surface area (Å²) in [5, 5.41) is 38.8. The number of aromatic carboxylic acids is 3. The maximum Gasteiger partial charge on any atom is 0.379 e. The molecule has 0 radical (unpaired) electrons. The summed E-state index contributed by atoms with van der Waals surface area (Å²) >= 11 is 26.9. The third-order valence-electron chi connectivity index (χ3n) is 6.55. The molecule has 0 saturated carbocycles. The van der Waals surface area contributed by atoms with Gasteiger partial charge in [0.15, 0.2) is 11.2 Å². The van der Waals surface area contributed by atoms with Gasteiger partial charge in [0.25, 0.3) is 5.91 Å². The summed E-state index contributed by atoms with van der Waals surface area (Å²) in [4.78, 5) is 70.5. The highest BCUT2D eigenvalue weighted by atomic mass is 79.9. The first-order chi connectivity index (χ1) is 24.1.